The van der Waals surface area contributed by atoms with Crippen LogP contribution in [0.15, 0.2) is 29.2 Å². The molecule has 0 spiro atoms. The van der Waals surface area contributed by atoms with Gasteiger partial charge in [0, 0.05) is 25.6 Å². The lowest BCUT2D eigenvalue weighted by atomic mass is 9.83. The molecule has 1 unspecified atom stereocenters. The Morgan fingerprint density at radius 2 is 1.69 bits per heavy atom. The van der Waals surface area contributed by atoms with Gasteiger partial charge < -0.3 is 4.90 Å². The first kappa shape index (κ1) is 20.9. The van der Waals surface area contributed by atoms with E-state index in [2.05, 4.69) is 4.72 Å². The zero-order valence-electron chi connectivity index (χ0n) is 16.2. The molecule has 1 saturated carbocycles. The van der Waals surface area contributed by atoms with E-state index in [-0.39, 0.29) is 29.2 Å². The second-order valence-electron chi connectivity index (χ2n) is 7.21. The van der Waals surface area contributed by atoms with Crippen LogP contribution < -0.4 is 4.72 Å². The van der Waals surface area contributed by atoms with Crippen molar-refractivity contribution in [3.8, 4) is 0 Å². The van der Waals surface area contributed by atoms with Crippen molar-refractivity contribution in [3.05, 3.63) is 29.8 Å². The molecule has 146 valence electrons. The van der Waals surface area contributed by atoms with Gasteiger partial charge in [-0.2, -0.15) is 0 Å². The summed E-state index contributed by atoms with van der Waals surface area (Å²) >= 11 is 0. The average Bonchev–Trinajstić information content (AvgIpc) is 2.63. The third-order valence-corrected chi connectivity index (χ3v) is 6.87. The lowest BCUT2D eigenvalue weighted by molar-refractivity contribution is -0.131. The van der Waals surface area contributed by atoms with Gasteiger partial charge >= 0.3 is 0 Å². The van der Waals surface area contributed by atoms with E-state index < -0.39 is 10.0 Å². The largest absolute Gasteiger partial charge is 0.343 e. The average molecular weight is 381 g/mol. The molecule has 1 N–H and O–H groups in total. The van der Waals surface area contributed by atoms with Crippen LogP contribution in [0.4, 0.5) is 0 Å². The smallest absolute Gasteiger partial charge is 0.240 e. The third kappa shape index (κ3) is 5.55. The number of sulfonamides is 1. The molecule has 1 aromatic carbocycles. The van der Waals surface area contributed by atoms with E-state index in [1.807, 2.05) is 20.8 Å². The van der Waals surface area contributed by atoms with Crippen LogP contribution in [0.3, 0.4) is 0 Å². The number of benzene rings is 1. The van der Waals surface area contributed by atoms with Gasteiger partial charge in [-0.3, -0.25) is 4.79 Å². The minimum atomic E-state index is -3.63. The summed E-state index contributed by atoms with van der Waals surface area (Å²) in [6.45, 7) is 7.13. The number of hydrogen-bond donors (Lipinski definition) is 1. The van der Waals surface area contributed by atoms with Gasteiger partial charge in [0.15, 0.2) is 0 Å². The molecular weight excluding hydrogens is 348 g/mol. The zero-order valence-corrected chi connectivity index (χ0v) is 17.0. The number of nitrogens with one attached hydrogen (secondary N) is 1. The van der Waals surface area contributed by atoms with Crippen LogP contribution in [0.2, 0.25) is 0 Å². The SMILES string of the molecule is CCN(CC)C(=O)CC(NS(=O)(=O)c1ccc(C)cc1)C1CCCCC1. The first-order valence-electron chi connectivity index (χ1n) is 9.74. The number of rotatable bonds is 8. The molecule has 1 aromatic rings. The maximum atomic E-state index is 12.9. The molecule has 6 heteroatoms. The second-order valence-corrected chi connectivity index (χ2v) is 8.92. The topological polar surface area (TPSA) is 66.5 Å². The highest BCUT2D eigenvalue weighted by atomic mass is 32.2. The molecular formula is C20H32N2O3S. The van der Waals surface area contributed by atoms with Crippen molar-refractivity contribution >= 4 is 15.9 Å². The first-order valence-corrected chi connectivity index (χ1v) is 11.2. The van der Waals surface area contributed by atoms with Crippen LogP contribution in [0.1, 0.15) is 57.9 Å². The van der Waals surface area contributed by atoms with Crippen LogP contribution in [-0.4, -0.2) is 38.4 Å². The molecule has 0 saturated heterocycles. The second kappa shape index (κ2) is 9.51. The fourth-order valence-electron chi connectivity index (χ4n) is 3.72. The molecule has 0 aromatic heterocycles. The highest BCUT2D eigenvalue weighted by molar-refractivity contribution is 7.89. The molecule has 0 heterocycles. The van der Waals surface area contributed by atoms with Crippen molar-refractivity contribution in [2.75, 3.05) is 13.1 Å². The summed E-state index contributed by atoms with van der Waals surface area (Å²) in [6, 6.07) is 6.51. The summed E-state index contributed by atoms with van der Waals surface area (Å²) in [5.41, 5.74) is 1.02. The summed E-state index contributed by atoms with van der Waals surface area (Å²) in [5, 5.41) is 0. The minimum absolute atomic E-state index is 0.0252. The molecule has 1 aliphatic rings. The van der Waals surface area contributed by atoms with E-state index >= 15 is 0 Å². The Bertz CT molecular complexity index is 676. The molecule has 0 bridgehead atoms. The Labute approximate surface area is 158 Å². The highest BCUT2D eigenvalue weighted by Crippen LogP contribution is 2.29. The molecule has 5 nitrogen and oxygen atoms in total. The Morgan fingerprint density at radius 1 is 1.12 bits per heavy atom. The molecule has 1 atom stereocenters. The predicted octanol–water partition coefficient (Wildman–Crippen LogP) is 3.48. The van der Waals surface area contributed by atoms with Gasteiger partial charge in [-0.05, 0) is 51.7 Å². The van der Waals surface area contributed by atoms with Gasteiger partial charge in [-0.1, -0.05) is 37.0 Å². The number of aryl methyl sites for hydroxylation is 1. The van der Waals surface area contributed by atoms with Gasteiger partial charge in [-0.25, -0.2) is 13.1 Å². The number of nitrogens with zero attached hydrogens (tertiary/aromatic N) is 1. The maximum Gasteiger partial charge on any atom is 0.240 e. The molecule has 26 heavy (non-hydrogen) atoms. The molecule has 1 amide bonds. The van der Waals surface area contributed by atoms with Crippen LogP contribution in [0.25, 0.3) is 0 Å². The van der Waals surface area contributed by atoms with Crippen LogP contribution in [-0.2, 0) is 14.8 Å². The van der Waals surface area contributed by atoms with Crippen molar-refractivity contribution < 1.29 is 13.2 Å². The van der Waals surface area contributed by atoms with E-state index in [0.717, 1.165) is 31.2 Å². The van der Waals surface area contributed by atoms with E-state index in [0.29, 0.717) is 13.1 Å². The van der Waals surface area contributed by atoms with E-state index in [9.17, 15) is 13.2 Å². The molecule has 0 radical (unpaired) electrons. The van der Waals surface area contributed by atoms with E-state index in [1.165, 1.54) is 6.42 Å². The summed E-state index contributed by atoms with van der Waals surface area (Å²) in [7, 11) is -3.63. The fraction of sp³-hybridized carbons (Fsp3) is 0.650. The zero-order chi connectivity index (χ0) is 19.2. The normalized spacial score (nSPS) is 17.0. The lowest BCUT2D eigenvalue weighted by Crippen LogP contribution is -2.45. The standard InChI is InChI=1S/C20H32N2O3S/c1-4-22(5-2)20(23)15-19(17-9-7-6-8-10-17)21-26(24,25)18-13-11-16(3)12-14-18/h11-14,17,19,21H,4-10,15H2,1-3H3. The lowest BCUT2D eigenvalue weighted by Gasteiger charge is -2.32. The monoisotopic (exact) mass is 380 g/mol. The molecule has 1 aliphatic carbocycles. The minimum Gasteiger partial charge on any atom is -0.343 e. The predicted molar refractivity (Wildman–Crippen MR) is 104 cm³/mol. The van der Waals surface area contributed by atoms with Gasteiger partial charge in [0.05, 0.1) is 4.90 Å². The van der Waals surface area contributed by atoms with Crippen molar-refractivity contribution in [1.82, 2.24) is 9.62 Å². The van der Waals surface area contributed by atoms with Crippen molar-refractivity contribution in [1.29, 1.82) is 0 Å². The van der Waals surface area contributed by atoms with Crippen LogP contribution >= 0.6 is 0 Å². The highest BCUT2D eigenvalue weighted by Gasteiger charge is 2.31. The van der Waals surface area contributed by atoms with Gasteiger partial charge in [0.2, 0.25) is 15.9 Å². The molecule has 2 rings (SSSR count). The van der Waals surface area contributed by atoms with Crippen molar-refractivity contribution in [2.24, 2.45) is 5.92 Å². The third-order valence-electron chi connectivity index (χ3n) is 5.37. The summed E-state index contributed by atoms with van der Waals surface area (Å²) < 4.78 is 28.6. The quantitative estimate of drug-likeness (QED) is 0.751. The number of carbonyl (C=O) groups excluding carboxylic acids is 1. The van der Waals surface area contributed by atoms with Gasteiger partial charge in [-0.15, -0.1) is 0 Å². The van der Waals surface area contributed by atoms with Crippen LogP contribution in [0, 0.1) is 12.8 Å². The maximum absolute atomic E-state index is 12.9. The van der Waals surface area contributed by atoms with Crippen molar-refractivity contribution in [2.45, 2.75) is 70.2 Å². The number of carbonyl (C=O) groups is 1. The number of hydrogen-bond acceptors (Lipinski definition) is 3. The summed E-state index contributed by atoms with van der Waals surface area (Å²) in [4.78, 5) is 14.7. The Morgan fingerprint density at radius 3 is 2.23 bits per heavy atom. The van der Waals surface area contributed by atoms with Gasteiger partial charge in [0.25, 0.3) is 0 Å². The molecule has 1 fully saturated rings. The number of amides is 1. The van der Waals surface area contributed by atoms with Gasteiger partial charge in [0.1, 0.15) is 0 Å². The summed E-state index contributed by atoms with van der Waals surface area (Å²) in [6.07, 6.45) is 5.59. The van der Waals surface area contributed by atoms with E-state index in [1.54, 1.807) is 29.2 Å². The van der Waals surface area contributed by atoms with Crippen molar-refractivity contribution in [3.63, 3.8) is 0 Å². The summed E-state index contributed by atoms with van der Waals surface area (Å²) in [5.74, 6) is 0.251. The Kier molecular flexibility index (Phi) is 7.65. The fourth-order valence-corrected chi connectivity index (χ4v) is 5.02. The van der Waals surface area contributed by atoms with E-state index in [4.69, 9.17) is 0 Å². The molecule has 0 aliphatic heterocycles. The van der Waals surface area contributed by atoms with Crippen LogP contribution in [0.5, 0.6) is 0 Å². The Hall–Kier alpha value is -1.40. The first-order chi connectivity index (χ1) is 12.4. The Balaban J connectivity index is 2.19.